The zero-order valence-corrected chi connectivity index (χ0v) is 11.7. The summed E-state index contributed by atoms with van der Waals surface area (Å²) in [4.78, 5) is 36.7. The highest BCUT2D eigenvalue weighted by Crippen LogP contribution is 1.95. The Labute approximate surface area is 109 Å². The third-order valence-electron chi connectivity index (χ3n) is 2.57. The molecule has 1 heterocycles. The third kappa shape index (κ3) is 3.38. The molecule has 0 atom stereocenters. The van der Waals surface area contributed by atoms with Crippen LogP contribution in [0.15, 0.2) is 15.8 Å². The van der Waals surface area contributed by atoms with Gasteiger partial charge in [-0.05, 0) is 6.92 Å². The first-order valence-corrected chi connectivity index (χ1v) is 7.01. The Morgan fingerprint density at radius 2 is 1.95 bits per heavy atom. The summed E-state index contributed by atoms with van der Waals surface area (Å²) in [5.74, 6) is -0.893. The van der Waals surface area contributed by atoms with Crippen LogP contribution in [0.5, 0.6) is 0 Å². The van der Waals surface area contributed by atoms with Gasteiger partial charge in [0.2, 0.25) is 10.0 Å². The minimum absolute atomic E-state index is 0.179. The molecule has 0 saturated heterocycles. The average molecular weight is 289 g/mol. The number of aromatic nitrogens is 2. The smallest absolute Gasteiger partial charge is 0.313 e. The highest BCUT2D eigenvalue weighted by Gasteiger charge is 2.16. The highest BCUT2D eigenvalue weighted by molar-refractivity contribution is 7.89. The second-order valence-corrected chi connectivity index (χ2v) is 6.42. The topological polar surface area (TPSA) is 109 Å². The number of rotatable bonds is 5. The fourth-order valence-electron chi connectivity index (χ4n) is 1.36. The van der Waals surface area contributed by atoms with E-state index in [-0.39, 0.29) is 12.1 Å². The van der Waals surface area contributed by atoms with Gasteiger partial charge in [-0.15, -0.1) is 0 Å². The van der Waals surface area contributed by atoms with Crippen LogP contribution in [0.3, 0.4) is 0 Å². The summed E-state index contributed by atoms with van der Waals surface area (Å²) in [5.41, 5.74) is -1.71. The predicted octanol–water partition coefficient (Wildman–Crippen LogP) is -1.37. The number of aromatic amines is 1. The van der Waals surface area contributed by atoms with Gasteiger partial charge in [0, 0.05) is 26.8 Å². The summed E-state index contributed by atoms with van der Waals surface area (Å²) in [6, 6.07) is 0. The summed E-state index contributed by atoms with van der Waals surface area (Å²) < 4.78 is 24.9. The third-order valence-corrected chi connectivity index (χ3v) is 4.38. The summed E-state index contributed by atoms with van der Waals surface area (Å²) in [6.45, 7) is 0.881. The molecule has 19 heavy (non-hydrogen) atoms. The van der Waals surface area contributed by atoms with Gasteiger partial charge in [-0.25, -0.2) is 17.5 Å². The number of Topliss-reactive ketones (excluding diaryl/α,β-unsaturated/α-hetero) is 1. The largest absolute Gasteiger partial charge is 0.328 e. The fraction of sp³-hybridized carbons (Fsp3) is 0.500. The zero-order valence-electron chi connectivity index (χ0n) is 10.8. The van der Waals surface area contributed by atoms with Crippen molar-refractivity contribution in [3.63, 3.8) is 0 Å². The zero-order chi connectivity index (χ0) is 14.8. The van der Waals surface area contributed by atoms with Crippen molar-refractivity contribution in [3.8, 4) is 0 Å². The van der Waals surface area contributed by atoms with E-state index in [1.54, 1.807) is 0 Å². The van der Waals surface area contributed by atoms with Crippen molar-refractivity contribution >= 4 is 15.8 Å². The Hall–Kier alpha value is -1.74. The number of nitrogens with one attached hydrogen (secondary N) is 1. The molecule has 0 saturated carbocycles. The SMILES string of the molecule is CC(=O)c1c[nH]c(=O)n(CCS(=O)(=O)N(C)C)c1=O. The van der Waals surface area contributed by atoms with Gasteiger partial charge in [0.1, 0.15) is 0 Å². The Morgan fingerprint density at radius 3 is 2.42 bits per heavy atom. The van der Waals surface area contributed by atoms with Gasteiger partial charge in [-0.1, -0.05) is 0 Å². The Morgan fingerprint density at radius 1 is 1.37 bits per heavy atom. The van der Waals surface area contributed by atoms with E-state index in [4.69, 9.17) is 0 Å². The molecule has 0 fully saturated rings. The van der Waals surface area contributed by atoms with Gasteiger partial charge in [0.15, 0.2) is 5.78 Å². The maximum Gasteiger partial charge on any atom is 0.328 e. The molecule has 0 amide bonds. The van der Waals surface area contributed by atoms with E-state index in [0.29, 0.717) is 4.57 Å². The van der Waals surface area contributed by atoms with E-state index in [2.05, 4.69) is 4.98 Å². The van der Waals surface area contributed by atoms with Gasteiger partial charge in [-0.2, -0.15) is 0 Å². The van der Waals surface area contributed by atoms with E-state index >= 15 is 0 Å². The molecule has 0 aliphatic carbocycles. The van der Waals surface area contributed by atoms with Crippen molar-refractivity contribution in [2.24, 2.45) is 0 Å². The molecular weight excluding hydrogens is 274 g/mol. The predicted molar refractivity (Wildman–Crippen MR) is 68.8 cm³/mol. The summed E-state index contributed by atoms with van der Waals surface area (Å²) in [5, 5.41) is 0. The lowest BCUT2D eigenvalue weighted by molar-refractivity contribution is 0.101. The van der Waals surface area contributed by atoms with Crippen molar-refractivity contribution in [1.82, 2.24) is 13.9 Å². The summed E-state index contributed by atoms with van der Waals surface area (Å²) >= 11 is 0. The first-order chi connectivity index (χ1) is 8.66. The maximum atomic E-state index is 11.8. The quantitative estimate of drug-likeness (QED) is 0.673. The van der Waals surface area contributed by atoms with Gasteiger partial charge < -0.3 is 4.98 Å². The lowest BCUT2D eigenvalue weighted by atomic mass is 10.2. The average Bonchev–Trinajstić information content (AvgIpc) is 2.27. The molecule has 1 rings (SSSR count). The second kappa shape index (κ2) is 5.49. The molecule has 1 aromatic rings. The van der Waals surface area contributed by atoms with Crippen molar-refractivity contribution in [2.45, 2.75) is 13.5 Å². The first-order valence-electron chi connectivity index (χ1n) is 5.40. The number of hydrogen-bond acceptors (Lipinski definition) is 5. The normalized spacial score (nSPS) is 11.8. The van der Waals surface area contributed by atoms with Crippen molar-refractivity contribution in [3.05, 3.63) is 32.6 Å². The summed E-state index contributed by atoms with van der Waals surface area (Å²) in [7, 11) is -0.816. The lowest BCUT2D eigenvalue weighted by Gasteiger charge is -2.11. The molecule has 0 bridgehead atoms. The van der Waals surface area contributed by atoms with Gasteiger partial charge >= 0.3 is 5.69 Å². The number of carbonyl (C=O) groups is 1. The molecule has 9 heteroatoms. The fourth-order valence-corrected chi connectivity index (χ4v) is 2.13. The van der Waals surface area contributed by atoms with Crippen molar-refractivity contribution in [2.75, 3.05) is 19.8 Å². The van der Waals surface area contributed by atoms with Crippen LogP contribution in [-0.2, 0) is 16.6 Å². The lowest BCUT2D eigenvalue weighted by Crippen LogP contribution is -2.40. The molecule has 0 unspecified atom stereocenters. The second-order valence-electron chi connectivity index (χ2n) is 4.12. The molecule has 1 aromatic heterocycles. The van der Waals surface area contributed by atoms with Crippen LogP contribution < -0.4 is 11.2 Å². The molecule has 0 aliphatic rings. The Bertz CT molecular complexity index is 699. The number of ketones is 1. The monoisotopic (exact) mass is 289 g/mol. The van der Waals surface area contributed by atoms with E-state index in [0.717, 1.165) is 10.5 Å². The van der Waals surface area contributed by atoms with Crippen molar-refractivity contribution < 1.29 is 13.2 Å². The molecule has 1 N–H and O–H groups in total. The van der Waals surface area contributed by atoms with Crippen LogP contribution in [0.25, 0.3) is 0 Å². The number of hydrogen-bond donors (Lipinski definition) is 1. The molecule has 8 nitrogen and oxygen atoms in total. The van der Waals surface area contributed by atoms with Crippen molar-refractivity contribution in [1.29, 1.82) is 0 Å². The first kappa shape index (κ1) is 15.3. The van der Waals surface area contributed by atoms with Crippen LogP contribution in [0, 0.1) is 0 Å². The molecule has 0 aromatic carbocycles. The van der Waals surface area contributed by atoms with Crippen LogP contribution in [0.2, 0.25) is 0 Å². The molecule has 106 valence electrons. The van der Waals surface area contributed by atoms with Crippen LogP contribution in [0.1, 0.15) is 17.3 Å². The van der Waals surface area contributed by atoms with Crippen LogP contribution in [-0.4, -0.2) is 47.9 Å². The minimum atomic E-state index is -3.53. The van der Waals surface area contributed by atoms with E-state index in [9.17, 15) is 22.8 Å². The maximum absolute atomic E-state index is 11.8. The van der Waals surface area contributed by atoms with Gasteiger partial charge in [-0.3, -0.25) is 14.2 Å². The van der Waals surface area contributed by atoms with Gasteiger partial charge in [0.05, 0.1) is 11.3 Å². The number of H-pyrrole nitrogens is 1. The number of carbonyl (C=O) groups excluding carboxylic acids is 1. The Kier molecular flexibility index (Phi) is 4.43. The number of nitrogens with zero attached hydrogens (tertiary/aromatic N) is 2. The van der Waals surface area contributed by atoms with E-state index < -0.39 is 32.8 Å². The van der Waals surface area contributed by atoms with Gasteiger partial charge in [0.25, 0.3) is 5.56 Å². The van der Waals surface area contributed by atoms with Crippen LogP contribution >= 0.6 is 0 Å². The molecule has 0 radical (unpaired) electrons. The summed E-state index contributed by atoms with van der Waals surface area (Å²) in [6.07, 6.45) is 1.03. The highest BCUT2D eigenvalue weighted by atomic mass is 32.2. The molecule has 0 spiro atoms. The molecular formula is C10H15N3O5S. The van der Waals surface area contributed by atoms with Crippen LogP contribution in [0.4, 0.5) is 0 Å². The number of sulfonamides is 1. The standard InChI is InChI=1S/C10H15N3O5S/c1-7(14)8-6-11-10(16)13(9(8)15)4-5-19(17,18)12(2)3/h6H,4-5H2,1-3H3,(H,11,16). The molecule has 0 aliphatic heterocycles. The van der Waals surface area contributed by atoms with E-state index in [1.807, 2.05) is 0 Å². The minimum Gasteiger partial charge on any atom is -0.313 e. The van der Waals surface area contributed by atoms with E-state index in [1.165, 1.54) is 21.0 Å². The Balaban J connectivity index is 3.17.